The van der Waals surface area contributed by atoms with Crippen molar-refractivity contribution in [2.75, 3.05) is 6.61 Å². The van der Waals surface area contributed by atoms with Crippen LogP contribution in [0.5, 0.6) is 5.75 Å². The number of aryl methyl sites for hydroxylation is 1. The van der Waals surface area contributed by atoms with Gasteiger partial charge in [-0.15, -0.1) is 0 Å². The monoisotopic (exact) mass is 302 g/mol. The van der Waals surface area contributed by atoms with Crippen molar-refractivity contribution in [3.05, 3.63) is 42.0 Å². The molecule has 0 spiro atoms. The second-order valence-corrected chi connectivity index (χ2v) is 5.25. The molecule has 0 fully saturated rings. The number of rotatable bonds is 7. The lowest BCUT2D eigenvalue weighted by molar-refractivity contribution is -0.123. The van der Waals surface area contributed by atoms with E-state index in [0.29, 0.717) is 18.3 Å². The van der Waals surface area contributed by atoms with Crippen LogP contribution in [0.1, 0.15) is 37.6 Å². The fourth-order valence-electron chi connectivity index (χ4n) is 2.08. The van der Waals surface area contributed by atoms with E-state index in [1.54, 1.807) is 18.1 Å². The highest BCUT2D eigenvalue weighted by Crippen LogP contribution is 2.28. The fraction of sp³-hybridized carbons (Fsp3) is 0.438. The van der Waals surface area contributed by atoms with Crippen LogP contribution in [0.2, 0.25) is 0 Å². The Hall–Kier alpha value is -2.37. The van der Waals surface area contributed by atoms with E-state index in [-0.39, 0.29) is 12.5 Å². The molecule has 6 nitrogen and oxygen atoms in total. The SMILES string of the molecule is CC[C@H](C)c1ccccc1OCC(=O)NCc1ncn(C)n1. The Labute approximate surface area is 130 Å². The number of para-hydroxylation sites is 1. The van der Waals surface area contributed by atoms with E-state index in [1.807, 2.05) is 24.3 Å². The molecule has 22 heavy (non-hydrogen) atoms. The van der Waals surface area contributed by atoms with Gasteiger partial charge in [0, 0.05) is 7.05 Å². The Morgan fingerprint density at radius 3 is 2.86 bits per heavy atom. The minimum absolute atomic E-state index is 0.0136. The minimum atomic E-state index is -0.189. The largest absolute Gasteiger partial charge is 0.483 e. The topological polar surface area (TPSA) is 69.0 Å². The summed E-state index contributed by atoms with van der Waals surface area (Å²) in [5, 5.41) is 6.84. The molecule has 0 aliphatic rings. The first-order chi connectivity index (χ1) is 10.6. The van der Waals surface area contributed by atoms with E-state index >= 15 is 0 Å². The van der Waals surface area contributed by atoms with Crippen LogP contribution in [-0.4, -0.2) is 27.3 Å². The summed E-state index contributed by atoms with van der Waals surface area (Å²) >= 11 is 0. The Bertz CT molecular complexity index is 624. The van der Waals surface area contributed by atoms with Crippen LogP contribution in [0, 0.1) is 0 Å². The molecule has 0 saturated heterocycles. The smallest absolute Gasteiger partial charge is 0.258 e. The molecular formula is C16H22N4O2. The molecule has 118 valence electrons. The van der Waals surface area contributed by atoms with Gasteiger partial charge in [-0.3, -0.25) is 9.48 Å². The summed E-state index contributed by atoms with van der Waals surface area (Å²) in [5.74, 6) is 1.56. The number of carbonyl (C=O) groups excluding carboxylic acids is 1. The summed E-state index contributed by atoms with van der Waals surface area (Å²) < 4.78 is 7.26. The average Bonchev–Trinajstić information content (AvgIpc) is 2.96. The van der Waals surface area contributed by atoms with E-state index in [0.717, 1.165) is 17.7 Å². The second-order valence-electron chi connectivity index (χ2n) is 5.25. The van der Waals surface area contributed by atoms with Gasteiger partial charge in [-0.05, 0) is 24.0 Å². The van der Waals surface area contributed by atoms with Gasteiger partial charge in [0.05, 0.1) is 6.54 Å². The van der Waals surface area contributed by atoms with Crippen LogP contribution in [0.25, 0.3) is 0 Å². The molecule has 2 rings (SSSR count). The summed E-state index contributed by atoms with van der Waals surface area (Å²) in [6.07, 6.45) is 2.62. The normalized spacial score (nSPS) is 12.0. The van der Waals surface area contributed by atoms with Crippen LogP contribution < -0.4 is 10.1 Å². The van der Waals surface area contributed by atoms with Crippen molar-refractivity contribution in [3.8, 4) is 5.75 Å². The third kappa shape index (κ3) is 4.31. The van der Waals surface area contributed by atoms with Crippen LogP contribution >= 0.6 is 0 Å². The van der Waals surface area contributed by atoms with Crippen molar-refractivity contribution in [3.63, 3.8) is 0 Å². The highest BCUT2D eigenvalue weighted by Gasteiger charge is 2.11. The van der Waals surface area contributed by atoms with E-state index in [4.69, 9.17) is 4.74 Å². The minimum Gasteiger partial charge on any atom is -0.483 e. The Kier molecular flexibility index (Phi) is 5.52. The van der Waals surface area contributed by atoms with E-state index in [1.165, 1.54) is 0 Å². The molecule has 1 atom stereocenters. The van der Waals surface area contributed by atoms with Crippen molar-refractivity contribution in [2.24, 2.45) is 7.05 Å². The third-order valence-electron chi connectivity index (χ3n) is 3.51. The number of ether oxygens (including phenoxy) is 1. The highest BCUT2D eigenvalue weighted by atomic mass is 16.5. The van der Waals surface area contributed by atoms with Gasteiger partial charge in [-0.2, -0.15) is 5.10 Å². The number of carbonyl (C=O) groups is 1. The summed E-state index contributed by atoms with van der Waals surface area (Å²) in [5.41, 5.74) is 1.13. The Morgan fingerprint density at radius 1 is 1.41 bits per heavy atom. The lowest BCUT2D eigenvalue weighted by atomic mass is 9.98. The molecule has 1 N–H and O–H groups in total. The van der Waals surface area contributed by atoms with E-state index in [2.05, 4.69) is 29.2 Å². The summed E-state index contributed by atoms with van der Waals surface area (Å²) in [7, 11) is 1.78. The fourth-order valence-corrected chi connectivity index (χ4v) is 2.08. The number of hydrogen-bond donors (Lipinski definition) is 1. The number of nitrogens with one attached hydrogen (secondary N) is 1. The third-order valence-corrected chi connectivity index (χ3v) is 3.51. The van der Waals surface area contributed by atoms with E-state index in [9.17, 15) is 4.79 Å². The summed E-state index contributed by atoms with van der Waals surface area (Å²) in [4.78, 5) is 15.9. The first-order valence-electron chi connectivity index (χ1n) is 7.43. The molecule has 0 bridgehead atoms. The lowest BCUT2D eigenvalue weighted by Crippen LogP contribution is -2.29. The van der Waals surface area contributed by atoms with Crippen LogP contribution in [0.3, 0.4) is 0 Å². The number of amides is 1. The van der Waals surface area contributed by atoms with E-state index < -0.39 is 0 Å². The molecule has 6 heteroatoms. The highest BCUT2D eigenvalue weighted by molar-refractivity contribution is 5.77. The predicted octanol–water partition coefficient (Wildman–Crippen LogP) is 2.02. The second kappa shape index (κ2) is 7.59. The first kappa shape index (κ1) is 16.0. The molecule has 0 radical (unpaired) electrons. The molecule has 0 unspecified atom stereocenters. The lowest BCUT2D eigenvalue weighted by Gasteiger charge is -2.15. The zero-order valence-corrected chi connectivity index (χ0v) is 13.2. The molecule has 2 aromatic rings. The molecule has 0 aliphatic carbocycles. The van der Waals surface area contributed by atoms with Crippen molar-refractivity contribution in [2.45, 2.75) is 32.7 Å². The number of aromatic nitrogens is 3. The molecule has 1 aromatic carbocycles. The van der Waals surface area contributed by atoms with Gasteiger partial charge in [0.15, 0.2) is 12.4 Å². The Morgan fingerprint density at radius 2 is 2.18 bits per heavy atom. The van der Waals surface area contributed by atoms with Gasteiger partial charge in [-0.25, -0.2) is 4.98 Å². The van der Waals surface area contributed by atoms with Gasteiger partial charge in [-0.1, -0.05) is 32.0 Å². The maximum atomic E-state index is 11.8. The van der Waals surface area contributed by atoms with Crippen LogP contribution in [0.15, 0.2) is 30.6 Å². The number of benzene rings is 1. The molecular weight excluding hydrogens is 280 g/mol. The predicted molar refractivity (Wildman–Crippen MR) is 83.5 cm³/mol. The van der Waals surface area contributed by atoms with Gasteiger partial charge < -0.3 is 10.1 Å². The van der Waals surface area contributed by atoms with Crippen LogP contribution in [-0.2, 0) is 18.4 Å². The van der Waals surface area contributed by atoms with Crippen molar-refractivity contribution in [1.82, 2.24) is 20.1 Å². The molecule has 1 heterocycles. The molecule has 1 amide bonds. The molecule has 0 saturated carbocycles. The van der Waals surface area contributed by atoms with Crippen molar-refractivity contribution < 1.29 is 9.53 Å². The number of nitrogens with zero attached hydrogens (tertiary/aromatic N) is 3. The zero-order chi connectivity index (χ0) is 15.9. The molecule has 0 aliphatic heterocycles. The zero-order valence-electron chi connectivity index (χ0n) is 13.2. The van der Waals surface area contributed by atoms with Gasteiger partial charge in [0.25, 0.3) is 5.91 Å². The average molecular weight is 302 g/mol. The maximum Gasteiger partial charge on any atom is 0.258 e. The van der Waals surface area contributed by atoms with Gasteiger partial charge in [0.1, 0.15) is 12.1 Å². The van der Waals surface area contributed by atoms with Crippen LogP contribution in [0.4, 0.5) is 0 Å². The van der Waals surface area contributed by atoms with Gasteiger partial charge >= 0.3 is 0 Å². The summed E-state index contributed by atoms with van der Waals surface area (Å²) in [6, 6.07) is 7.84. The Balaban J connectivity index is 1.86. The standard InChI is InChI=1S/C16H22N4O2/c1-4-12(2)13-7-5-6-8-14(13)22-10-16(21)17-9-15-18-11-20(3)19-15/h5-8,11-12H,4,9-10H2,1-3H3,(H,17,21)/t12-/m0/s1. The molecule has 1 aromatic heterocycles. The van der Waals surface area contributed by atoms with Crippen molar-refractivity contribution in [1.29, 1.82) is 0 Å². The quantitative estimate of drug-likeness (QED) is 0.849. The van der Waals surface area contributed by atoms with Crippen molar-refractivity contribution >= 4 is 5.91 Å². The number of hydrogen-bond acceptors (Lipinski definition) is 4. The summed E-state index contributed by atoms with van der Waals surface area (Å²) in [6.45, 7) is 4.57. The maximum absolute atomic E-state index is 11.8. The van der Waals surface area contributed by atoms with Gasteiger partial charge in [0.2, 0.25) is 0 Å². The first-order valence-corrected chi connectivity index (χ1v) is 7.43.